The highest BCUT2D eigenvalue weighted by Gasteiger charge is 2.16. The van der Waals surface area contributed by atoms with Crippen molar-refractivity contribution in [1.82, 2.24) is 4.98 Å². The molecule has 2 nitrogen and oxygen atoms in total. The van der Waals surface area contributed by atoms with E-state index < -0.39 is 0 Å². The number of anilines is 3. The van der Waals surface area contributed by atoms with E-state index in [1.807, 2.05) is 6.20 Å². The molecule has 2 aromatic heterocycles. The molecule has 2 heterocycles. The summed E-state index contributed by atoms with van der Waals surface area (Å²) >= 11 is 1.74. The molecule has 0 radical (unpaired) electrons. The summed E-state index contributed by atoms with van der Waals surface area (Å²) in [4.78, 5) is 8.30. The topological polar surface area (TPSA) is 16.1 Å². The molecule has 0 fully saturated rings. The highest BCUT2D eigenvalue weighted by Crippen LogP contribution is 2.40. The van der Waals surface area contributed by atoms with Gasteiger partial charge < -0.3 is 4.90 Å². The molecule has 0 aliphatic rings. The van der Waals surface area contributed by atoms with Crippen LogP contribution in [-0.2, 0) is 0 Å². The molecular weight excluding hydrogens is 529 g/mol. The zero-order valence-corrected chi connectivity index (χ0v) is 23.6. The number of rotatable bonds is 5. The molecule has 0 saturated heterocycles. The maximum Gasteiger partial charge on any atom is 0.124 e. The first-order valence-electron chi connectivity index (χ1n) is 14.1. The van der Waals surface area contributed by atoms with Crippen LogP contribution in [0.1, 0.15) is 0 Å². The van der Waals surface area contributed by atoms with Crippen molar-refractivity contribution in [2.75, 3.05) is 4.90 Å². The van der Waals surface area contributed by atoms with Crippen LogP contribution in [0.3, 0.4) is 0 Å². The zero-order chi connectivity index (χ0) is 27.9. The van der Waals surface area contributed by atoms with Crippen molar-refractivity contribution in [3.05, 3.63) is 158 Å². The van der Waals surface area contributed by atoms with Crippen LogP contribution < -0.4 is 4.90 Å². The summed E-state index contributed by atoms with van der Waals surface area (Å²) in [7, 11) is 0. The Morgan fingerprint density at radius 3 is 1.86 bits per heavy atom. The van der Waals surface area contributed by atoms with E-state index >= 15 is 0 Å². The van der Waals surface area contributed by atoms with Crippen molar-refractivity contribution < 1.29 is 0 Å². The Morgan fingerprint density at radius 2 is 1.07 bits per heavy atom. The fourth-order valence-corrected chi connectivity index (χ4v) is 6.90. The average molecular weight is 555 g/mol. The molecule has 8 aromatic rings. The van der Waals surface area contributed by atoms with Crippen LogP contribution in [0.4, 0.5) is 17.1 Å². The van der Waals surface area contributed by atoms with Crippen LogP contribution in [-0.4, -0.2) is 4.98 Å². The summed E-state index contributed by atoms with van der Waals surface area (Å²) in [5.74, 6) is 0. The van der Waals surface area contributed by atoms with Gasteiger partial charge in [0, 0.05) is 26.8 Å². The van der Waals surface area contributed by atoms with E-state index in [9.17, 15) is 0 Å². The van der Waals surface area contributed by atoms with Crippen LogP contribution in [0.5, 0.6) is 0 Å². The fourth-order valence-electron chi connectivity index (χ4n) is 5.87. The summed E-state index contributed by atoms with van der Waals surface area (Å²) < 4.78 is 1.26. The molecule has 3 heteroatoms. The number of thiophene rings is 1. The van der Waals surface area contributed by atoms with Crippen LogP contribution in [0, 0.1) is 0 Å². The largest absolute Gasteiger partial charge is 0.309 e. The molecular formula is C39H26N2S. The lowest BCUT2D eigenvalue weighted by Gasteiger charge is -2.26. The van der Waals surface area contributed by atoms with E-state index in [0.717, 1.165) is 21.9 Å². The molecule has 42 heavy (non-hydrogen) atoms. The Kier molecular flexibility index (Phi) is 6.02. The maximum absolute atomic E-state index is 4.93. The van der Waals surface area contributed by atoms with Crippen molar-refractivity contribution >= 4 is 59.5 Å². The van der Waals surface area contributed by atoms with Crippen molar-refractivity contribution in [1.29, 1.82) is 0 Å². The molecule has 0 atom stereocenters. The third-order valence-electron chi connectivity index (χ3n) is 7.94. The molecule has 0 unspecified atom stereocenters. The van der Waals surface area contributed by atoms with E-state index in [4.69, 9.17) is 4.98 Å². The summed E-state index contributed by atoms with van der Waals surface area (Å²) in [5.41, 5.74) is 8.07. The Hall–Kier alpha value is -5.25. The number of aromatic nitrogens is 1. The standard InChI is InChI=1S/C39H26N2S/c1-2-9-27(10-3-1)28-17-21-31(22-18-28)41(33-25-37-36-14-6-7-16-38(36)42-39(37)40-26-33)32-23-19-30(20-24-32)35-15-8-12-29-11-4-5-13-34(29)35/h1-26H. The lowest BCUT2D eigenvalue weighted by atomic mass is 9.98. The summed E-state index contributed by atoms with van der Waals surface area (Å²) in [6, 6.07) is 54.2. The highest BCUT2D eigenvalue weighted by atomic mass is 32.1. The predicted molar refractivity (Wildman–Crippen MR) is 180 cm³/mol. The Bertz CT molecular complexity index is 2170. The minimum atomic E-state index is 1.04. The van der Waals surface area contributed by atoms with Crippen LogP contribution in [0.2, 0.25) is 0 Å². The lowest BCUT2D eigenvalue weighted by molar-refractivity contribution is 1.26. The lowest BCUT2D eigenvalue weighted by Crippen LogP contribution is -2.10. The normalized spacial score (nSPS) is 11.3. The number of hydrogen-bond donors (Lipinski definition) is 0. The average Bonchev–Trinajstić information content (AvgIpc) is 3.44. The molecule has 8 rings (SSSR count). The van der Waals surface area contributed by atoms with E-state index in [-0.39, 0.29) is 0 Å². The van der Waals surface area contributed by atoms with Gasteiger partial charge in [-0.05, 0) is 69.4 Å². The van der Waals surface area contributed by atoms with Gasteiger partial charge in [-0.2, -0.15) is 0 Å². The Balaban J connectivity index is 1.25. The third kappa shape index (κ3) is 4.32. The number of fused-ring (bicyclic) bond motifs is 4. The van der Waals surface area contributed by atoms with E-state index in [2.05, 4.69) is 157 Å². The first-order valence-corrected chi connectivity index (χ1v) is 14.9. The summed E-state index contributed by atoms with van der Waals surface area (Å²) in [5, 5.41) is 4.95. The molecule has 198 valence electrons. The van der Waals surface area contributed by atoms with Gasteiger partial charge in [0.05, 0.1) is 11.9 Å². The number of nitrogens with zero attached hydrogens (tertiary/aromatic N) is 2. The highest BCUT2D eigenvalue weighted by molar-refractivity contribution is 7.25. The number of hydrogen-bond acceptors (Lipinski definition) is 3. The van der Waals surface area contributed by atoms with Gasteiger partial charge in [0.1, 0.15) is 4.83 Å². The van der Waals surface area contributed by atoms with E-state index in [1.54, 1.807) is 11.3 Å². The number of pyridine rings is 1. The van der Waals surface area contributed by atoms with Gasteiger partial charge in [0.2, 0.25) is 0 Å². The van der Waals surface area contributed by atoms with E-state index in [1.165, 1.54) is 48.5 Å². The first kappa shape index (κ1) is 24.5. The van der Waals surface area contributed by atoms with Gasteiger partial charge in [-0.1, -0.05) is 115 Å². The van der Waals surface area contributed by atoms with Gasteiger partial charge in [-0.3, -0.25) is 0 Å². The van der Waals surface area contributed by atoms with Crippen LogP contribution >= 0.6 is 11.3 Å². The maximum atomic E-state index is 4.93. The first-order chi connectivity index (χ1) is 20.8. The monoisotopic (exact) mass is 554 g/mol. The van der Waals surface area contributed by atoms with Gasteiger partial charge in [0.25, 0.3) is 0 Å². The zero-order valence-electron chi connectivity index (χ0n) is 22.8. The second kappa shape index (κ2) is 10.3. The summed E-state index contributed by atoms with van der Waals surface area (Å²) in [6.07, 6.45) is 2.00. The molecule has 0 N–H and O–H groups in total. The van der Waals surface area contributed by atoms with Gasteiger partial charge in [-0.25, -0.2) is 4.98 Å². The predicted octanol–water partition coefficient (Wildman–Crippen LogP) is 11.4. The minimum absolute atomic E-state index is 1.04. The molecule has 0 aliphatic carbocycles. The van der Waals surface area contributed by atoms with Gasteiger partial charge in [0.15, 0.2) is 0 Å². The third-order valence-corrected chi connectivity index (χ3v) is 9.03. The smallest absolute Gasteiger partial charge is 0.124 e. The van der Waals surface area contributed by atoms with Crippen molar-refractivity contribution in [2.24, 2.45) is 0 Å². The molecule has 0 saturated carbocycles. The second-order valence-electron chi connectivity index (χ2n) is 10.5. The number of benzene rings is 6. The van der Waals surface area contributed by atoms with Gasteiger partial charge in [-0.15, -0.1) is 11.3 Å². The van der Waals surface area contributed by atoms with Crippen molar-refractivity contribution in [3.63, 3.8) is 0 Å². The molecule has 0 amide bonds. The van der Waals surface area contributed by atoms with Crippen molar-refractivity contribution in [2.45, 2.75) is 0 Å². The van der Waals surface area contributed by atoms with E-state index in [0.29, 0.717) is 0 Å². The van der Waals surface area contributed by atoms with Gasteiger partial charge >= 0.3 is 0 Å². The molecule has 6 aromatic carbocycles. The fraction of sp³-hybridized carbons (Fsp3) is 0. The van der Waals surface area contributed by atoms with Crippen molar-refractivity contribution in [3.8, 4) is 22.3 Å². The quantitative estimate of drug-likeness (QED) is 0.210. The Labute approximate surface area is 248 Å². The summed E-state index contributed by atoms with van der Waals surface area (Å²) in [6.45, 7) is 0. The SMILES string of the molecule is c1ccc(-c2ccc(N(c3ccc(-c4cccc5ccccc45)cc3)c3cnc4sc5ccccc5c4c3)cc2)cc1. The molecule has 0 bridgehead atoms. The molecule has 0 aliphatic heterocycles. The Morgan fingerprint density at radius 1 is 0.452 bits per heavy atom. The minimum Gasteiger partial charge on any atom is -0.309 e. The second-order valence-corrected chi connectivity index (χ2v) is 11.5. The molecule has 0 spiro atoms. The van der Waals surface area contributed by atoms with Crippen LogP contribution in [0.15, 0.2) is 158 Å². The van der Waals surface area contributed by atoms with Crippen LogP contribution in [0.25, 0.3) is 53.3 Å².